The molecule has 0 spiro atoms. The van der Waals surface area contributed by atoms with E-state index in [1.165, 1.54) is 24.3 Å². The number of H-pyrrole nitrogens is 1. The van der Waals surface area contributed by atoms with E-state index in [2.05, 4.69) is 4.98 Å². The third-order valence-corrected chi connectivity index (χ3v) is 3.63. The molecule has 108 valence electrons. The zero-order chi connectivity index (χ0) is 14.8. The van der Waals surface area contributed by atoms with Gasteiger partial charge in [0.1, 0.15) is 11.6 Å². The van der Waals surface area contributed by atoms with E-state index in [1.807, 2.05) is 0 Å². The van der Waals surface area contributed by atoms with Crippen LogP contribution in [0.3, 0.4) is 0 Å². The van der Waals surface area contributed by atoms with Crippen molar-refractivity contribution in [1.82, 2.24) is 4.98 Å². The number of aryl methyl sites for hydroxylation is 1. The van der Waals surface area contributed by atoms with Gasteiger partial charge in [-0.25, -0.2) is 8.78 Å². The number of aromatic amines is 1. The molecule has 3 rings (SSSR count). The Morgan fingerprint density at radius 1 is 0.952 bits per heavy atom. The fraction of sp³-hybridized carbons (Fsp3) is 0.176. The van der Waals surface area contributed by atoms with Gasteiger partial charge in [0.15, 0.2) is 0 Å². The minimum atomic E-state index is -0.274. The monoisotopic (exact) mass is 286 g/mol. The second kappa shape index (κ2) is 5.66. The standard InChI is InChI=1S/C17H16F2N2/c18-12-5-3-11(4-6-12)17-14(2-1-9-20)15-10-13(19)7-8-16(15)21-17/h3-8,10,21H,1-2,9,20H2. The Labute approximate surface area is 121 Å². The molecule has 0 atom stereocenters. The Bertz CT molecular complexity index is 760. The molecular weight excluding hydrogens is 270 g/mol. The van der Waals surface area contributed by atoms with Gasteiger partial charge < -0.3 is 10.7 Å². The van der Waals surface area contributed by atoms with Crippen LogP contribution in [0.2, 0.25) is 0 Å². The van der Waals surface area contributed by atoms with Gasteiger partial charge in [-0.2, -0.15) is 0 Å². The molecular formula is C17H16F2N2. The topological polar surface area (TPSA) is 41.8 Å². The normalized spacial score (nSPS) is 11.2. The van der Waals surface area contributed by atoms with Gasteiger partial charge in [-0.3, -0.25) is 0 Å². The molecule has 1 aromatic heterocycles. The Kier molecular flexibility index (Phi) is 3.71. The van der Waals surface area contributed by atoms with E-state index >= 15 is 0 Å². The Balaban J connectivity index is 2.18. The number of hydrogen-bond acceptors (Lipinski definition) is 1. The van der Waals surface area contributed by atoms with Crippen molar-refractivity contribution in [3.05, 3.63) is 59.7 Å². The fourth-order valence-electron chi connectivity index (χ4n) is 2.62. The van der Waals surface area contributed by atoms with Crippen molar-refractivity contribution in [3.63, 3.8) is 0 Å². The van der Waals surface area contributed by atoms with Crippen molar-refractivity contribution in [2.45, 2.75) is 12.8 Å². The van der Waals surface area contributed by atoms with Crippen LogP contribution in [0.5, 0.6) is 0 Å². The number of nitrogens with one attached hydrogen (secondary N) is 1. The van der Waals surface area contributed by atoms with Crippen molar-refractivity contribution in [2.24, 2.45) is 5.73 Å². The van der Waals surface area contributed by atoms with Gasteiger partial charge >= 0.3 is 0 Å². The summed E-state index contributed by atoms with van der Waals surface area (Å²) in [5.41, 5.74) is 9.30. The second-order valence-electron chi connectivity index (χ2n) is 5.07. The number of benzene rings is 2. The lowest BCUT2D eigenvalue weighted by molar-refractivity contribution is 0.628. The maximum absolute atomic E-state index is 13.5. The maximum atomic E-state index is 13.5. The summed E-state index contributed by atoms with van der Waals surface area (Å²) in [4.78, 5) is 3.31. The van der Waals surface area contributed by atoms with Crippen LogP contribution in [-0.2, 0) is 6.42 Å². The van der Waals surface area contributed by atoms with Crippen LogP contribution >= 0.6 is 0 Å². The molecule has 0 amide bonds. The average molecular weight is 286 g/mol. The summed E-state index contributed by atoms with van der Waals surface area (Å²) in [6, 6.07) is 11.0. The Hall–Kier alpha value is -2.20. The summed E-state index contributed by atoms with van der Waals surface area (Å²) in [5, 5.41) is 0.864. The van der Waals surface area contributed by atoms with Crippen LogP contribution in [-0.4, -0.2) is 11.5 Å². The maximum Gasteiger partial charge on any atom is 0.123 e. The summed E-state index contributed by atoms with van der Waals surface area (Å²) in [6.45, 7) is 0.574. The lowest BCUT2D eigenvalue weighted by Gasteiger charge is -2.05. The predicted octanol–water partition coefficient (Wildman–Crippen LogP) is 4.00. The van der Waals surface area contributed by atoms with E-state index in [-0.39, 0.29) is 11.6 Å². The van der Waals surface area contributed by atoms with Crippen LogP contribution in [0.4, 0.5) is 8.78 Å². The van der Waals surface area contributed by atoms with Crippen molar-refractivity contribution in [1.29, 1.82) is 0 Å². The molecule has 2 aromatic carbocycles. The zero-order valence-electron chi connectivity index (χ0n) is 11.5. The van der Waals surface area contributed by atoms with E-state index in [4.69, 9.17) is 5.73 Å². The molecule has 0 bridgehead atoms. The average Bonchev–Trinajstić information content (AvgIpc) is 2.83. The summed E-state index contributed by atoms with van der Waals surface area (Å²) in [6.07, 6.45) is 1.57. The summed E-state index contributed by atoms with van der Waals surface area (Å²) in [7, 11) is 0. The molecule has 3 N–H and O–H groups in total. The first-order chi connectivity index (χ1) is 10.2. The SMILES string of the molecule is NCCCc1c(-c2ccc(F)cc2)[nH]c2ccc(F)cc12. The molecule has 0 saturated carbocycles. The highest BCUT2D eigenvalue weighted by molar-refractivity contribution is 5.90. The first-order valence-electron chi connectivity index (χ1n) is 6.95. The van der Waals surface area contributed by atoms with E-state index in [0.717, 1.165) is 40.6 Å². The van der Waals surface area contributed by atoms with Gasteiger partial charge in [-0.15, -0.1) is 0 Å². The van der Waals surface area contributed by atoms with Crippen LogP contribution < -0.4 is 5.73 Å². The molecule has 3 aromatic rings. The molecule has 2 nitrogen and oxygen atoms in total. The molecule has 21 heavy (non-hydrogen) atoms. The fourth-order valence-corrected chi connectivity index (χ4v) is 2.62. The number of fused-ring (bicyclic) bond motifs is 1. The smallest absolute Gasteiger partial charge is 0.123 e. The molecule has 0 aliphatic carbocycles. The molecule has 4 heteroatoms. The van der Waals surface area contributed by atoms with Crippen molar-refractivity contribution >= 4 is 10.9 Å². The number of halogens is 2. The Morgan fingerprint density at radius 2 is 1.67 bits per heavy atom. The highest BCUT2D eigenvalue weighted by atomic mass is 19.1. The molecule has 0 unspecified atom stereocenters. The highest BCUT2D eigenvalue weighted by Crippen LogP contribution is 2.31. The Morgan fingerprint density at radius 3 is 2.38 bits per heavy atom. The van der Waals surface area contributed by atoms with Crippen molar-refractivity contribution < 1.29 is 8.78 Å². The zero-order valence-corrected chi connectivity index (χ0v) is 11.5. The first-order valence-corrected chi connectivity index (χ1v) is 6.95. The van der Waals surface area contributed by atoms with Crippen LogP contribution in [0.25, 0.3) is 22.2 Å². The summed E-state index contributed by atoms with van der Waals surface area (Å²) in [5.74, 6) is -0.537. The molecule has 0 aliphatic rings. The van der Waals surface area contributed by atoms with Gasteiger partial charge in [0.25, 0.3) is 0 Å². The summed E-state index contributed by atoms with van der Waals surface area (Å²) >= 11 is 0. The van der Waals surface area contributed by atoms with Gasteiger partial charge in [-0.1, -0.05) is 0 Å². The molecule has 0 aliphatic heterocycles. The van der Waals surface area contributed by atoms with Crippen LogP contribution in [0, 0.1) is 11.6 Å². The van der Waals surface area contributed by atoms with Crippen molar-refractivity contribution in [2.75, 3.05) is 6.54 Å². The van der Waals surface area contributed by atoms with Crippen LogP contribution in [0.1, 0.15) is 12.0 Å². The first kappa shape index (κ1) is 13.8. The minimum Gasteiger partial charge on any atom is -0.354 e. The molecule has 0 radical (unpaired) electrons. The van der Waals surface area contributed by atoms with E-state index < -0.39 is 0 Å². The van der Waals surface area contributed by atoms with E-state index in [9.17, 15) is 8.78 Å². The lowest BCUT2D eigenvalue weighted by atomic mass is 10.0. The molecule has 1 heterocycles. The van der Waals surface area contributed by atoms with Crippen molar-refractivity contribution in [3.8, 4) is 11.3 Å². The van der Waals surface area contributed by atoms with E-state index in [0.29, 0.717) is 6.54 Å². The number of hydrogen-bond donors (Lipinski definition) is 2. The largest absolute Gasteiger partial charge is 0.354 e. The quantitative estimate of drug-likeness (QED) is 0.747. The second-order valence-corrected chi connectivity index (χ2v) is 5.07. The lowest BCUT2D eigenvalue weighted by Crippen LogP contribution is -2.00. The highest BCUT2D eigenvalue weighted by Gasteiger charge is 2.13. The minimum absolute atomic E-state index is 0.263. The van der Waals surface area contributed by atoms with Gasteiger partial charge in [0, 0.05) is 16.6 Å². The van der Waals surface area contributed by atoms with Gasteiger partial charge in [0.05, 0.1) is 0 Å². The van der Waals surface area contributed by atoms with Crippen LogP contribution in [0.15, 0.2) is 42.5 Å². The number of rotatable bonds is 4. The summed E-state index contributed by atoms with van der Waals surface area (Å²) < 4.78 is 26.6. The number of nitrogens with two attached hydrogens (primary N) is 1. The third-order valence-electron chi connectivity index (χ3n) is 3.63. The predicted molar refractivity (Wildman–Crippen MR) is 81.0 cm³/mol. The molecule has 0 fully saturated rings. The third kappa shape index (κ3) is 2.67. The van der Waals surface area contributed by atoms with Gasteiger partial charge in [-0.05, 0) is 73.0 Å². The van der Waals surface area contributed by atoms with Gasteiger partial charge in [0.2, 0.25) is 0 Å². The number of aromatic nitrogens is 1. The molecule has 0 saturated heterocycles. The van der Waals surface area contributed by atoms with E-state index in [1.54, 1.807) is 18.2 Å².